The fourth-order valence-corrected chi connectivity index (χ4v) is 1.77. The second-order valence-corrected chi connectivity index (χ2v) is 5.03. The summed E-state index contributed by atoms with van der Waals surface area (Å²) in [6.45, 7) is 11.1. The first-order valence-electron chi connectivity index (χ1n) is 5.94. The van der Waals surface area contributed by atoms with Crippen LogP contribution >= 0.6 is 0 Å². The second-order valence-electron chi connectivity index (χ2n) is 5.03. The predicted octanol–water partition coefficient (Wildman–Crippen LogP) is 2.44. The summed E-state index contributed by atoms with van der Waals surface area (Å²) in [7, 11) is 0. The molecule has 1 saturated heterocycles. The minimum atomic E-state index is 0.440. The van der Waals surface area contributed by atoms with E-state index in [1.807, 2.05) is 0 Å². The normalized spacial score (nSPS) is 30.6. The maximum atomic E-state index is 5.52. The molecule has 1 N–H and O–H groups in total. The lowest BCUT2D eigenvalue weighted by Gasteiger charge is -2.29. The summed E-state index contributed by atoms with van der Waals surface area (Å²) < 4.78 is 5.52. The molecule has 2 nitrogen and oxygen atoms in total. The van der Waals surface area contributed by atoms with E-state index in [1.165, 1.54) is 12.8 Å². The van der Waals surface area contributed by atoms with Crippen molar-refractivity contribution in [1.29, 1.82) is 0 Å². The molecule has 0 radical (unpaired) electrons. The molecule has 1 rings (SSSR count). The smallest absolute Gasteiger partial charge is 0.0561 e. The average molecular weight is 199 g/mol. The molecule has 3 atom stereocenters. The van der Waals surface area contributed by atoms with E-state index in [4.69, 9.17) is 4.74 Å². The Balaban J connectivity index is 2.17. The molecule has 84 valence electrons. The van der Waals surface area contributed by atoms with E-state index in [0.29, 0.717) is 12.1 Å². The van der Waals surface area contributed by atoms with Crippen molar-refractivity contribution in [3.8, 4) is 0 Å². The monoisotopic (exact) mass is 199 g/mol. The average Bonchev–Trinajstić information content (AvgIpc) is 2.14. The van der Waals surface area contributed by atoms with Crippen molar-refractivity contribution in [2.45, 2.75) is 52.7 Å². The summed E-state index contributed by atoms with van der Waals surface area (Å²) >= 11 is 0. The Morgan fingerprint density at radius 3 is 2.64 bits per heavy atom. The van der Waals surface area contributed by atoms with Crippen molar-refractivity contribution >= 4 is 0 Å². The summed E-state index contributed by atoms with van der Waals surface area (Å²) in [6, 6.07) is 0.681. The van der Waals surface area contributed by atoms with Gasteiger partial charge in [-0.1, -0.05) is 20.8 Å². The van der Waals surface area contributed by atoms with Crippen molar-refractivity contribution in [2.24, 2.45) is 11.8 Å². The number of rotatable bonds is 4. The van der Waals surface area contributed by atoms with Crippen LogP contribution in [0.3, 0.4) is 0 Å². The largest absolute Gasteiger partial charge is 0.378 e. The van der Waals surface area contributed by atoms with Crippen molar-refractivity contribution in [2.75, 3.05) is 13.2 Å². The molecule has 1 fully saturated rings. The Kier molecular flexibility index (Phi) is 4.90. The molecule has 1 heterocycles. The molecule has 0 aliphatic carbocycles. The zero-order valence-electron chi connectivity index (χ0n) is 10.0. The Morgan fingerprint density at radius 2 is 2.07 bits per heavy atom. The van der Waals surface area contributed by atoms with Crippen LogP contribution in [0, 0.1) is 11.8 Å². The minimum absolute atomic E-state index is 0.440. The second kappa shape index (κ2) is 5.72. The quantitative estimate of drug-likeness (QED) is 0.751. The minimum Gasteiger partial charge on any atom is -0.378 e. The van der Waals surface area contributed by atoms with Crippen LogP contribution in [0.5, 0.6) is 0 Å². The van der Waals surface area contributed by atoms with Gasteiger partial charge in [0, 0.05) is 12.6 Å². The highest BCUT2D eigenvalue weighted by molar-refractivity contribution is 4.75. The van der Waals surface area contributed by atoms with E-state index in [2.05, 4.69) is 33.0 Å². The Morgan fingerprint density at radius 1 is 1.36 bits per heavy atom. The molecule has 1 aliphatic heterocycles. The summed E-state index contributed by atoms with van der Waals surface area (Å²) in [6.07, 6.45) is 2.79. The van der Waals surface area contributed by atoms with Gasteiger partial charge in [-0.15, -0.1) is 0 Å². The summed E-state index contributed by atoms with van der Waals surface area (Å²) in [4.78, 5) is 0. The van der Waals surface area contributed by atoms with Crippen molar-refractivity contribution in [3.63, 3.8) is 0 Å². The van der Waals surface area contributed by atoms with Crippen LogP contribution in [0.1, 0.15) is 40.5 Å². The third-order valence-corrected chi connectivity index (χ3v) is 3.35. The van der Waals surface area contributed by atoms with E-state index in [1.54, 1.807) is 0 Å². The molecule has 0 spiro atoms. The van der Waals surface area contributed by atoms with Crippen molar-refractivity contribution in [3.05, 3.63) is 0 Å². The lowest BCUT2D eigenvalue weighted by Crippen LogP contribution is -2.40. The molecule has 2 heteroatoms. The molecule has 14 heavy (non-hydrogen) atoms. The highest BCUT2D eigenvalue weighted by Crippen LogP contribution is 2.14. The molecule has 0 aromatic rings. The third-order valence-electron chi connectivity index (χ3n) is 3.35. The fourth-order valence-electron chi connectivity index (χ4n) is 1.77. The van der Waals surface area contributed by atoms with Gasteiger partial charge in [0.15, 0.2) is 0 Å². The highest BCUT2D eigenvalue weighted by atomic mass is 16.5. The van der Waals surface area contributed by atoms with Crippen LogP contribution in [-0.4, -0.2) is 25.3 Å². The molecule has 0 bridgehead atoms. The number of hydrogen-bond donors (Lipinski definition) is 1. The van der Waals surface area contributed by atoms with E-state index in [-0.39, 0.29) is 0 Å². The Bertz CT molecular complexity index is 158. The maximum absolute atomic E-state index is 5.52. The molecular formula is C12H25NO. The van der Waals surface area contributed by atoms with E-state index >= 15 is 0 Å². The number of hydrogen-bond acceptors (Lipinski definition) is 2. The van der Waals surface area contributed by atoms with Crippen LogP contribution in [0.2, 0.25) is 0 Å². The molecular weight excluding hydrogens is 174 g/mol. The summed E-state index contributed by atoms with van der Waals surface area (Å²) in [5, 5.41) is 3.65. The Hall–Kier alpha value is -0.0800. The van der Waals surface area contributed by atoms with Gasteiger partial charge in [-0.3, -0.25) is 0 Å². The summed E-state index contributed by atoms with van der Waals surface area (Å²) in [5.74, 6) is 1.55. The van der Waals surface area contributed by atoms with E-state index < -0.39 is 0 Å². The highest BCUT2D eigenvalue weighted by Gasteiger charge is 2.19. The van der Waals surface area contributed by atoms with Crippen molar-refractivity contribution in [1.82, 2.24) is 5.32 Å². The lowest BCUT2D eigenvalue weighted by atomic mass is 9.97. The zero-order valence-corrected chi connectivity index (χ0v) is 10.0. The molecule has 0 amide bonds. The maximum Gasteiger partial charge on any atom is 0.0561 e. The van der Waals surface area contributed by atoms with Gasteiger partial charge in [0.25, 0.3) is 0 Å². The van der Waals surface area contributed by atoms with E-state index in [0.717, 1.165) is 25.0 Å². The van der Waals surface area contributed by atoms with Gasteiger partial charge in [-0.05, 0) is 38.1 Å². The number of nitrogens with one attached hydrogen (secondary N) is 1. The van der Waals surface area contributed by atoms with Gasteiger partial charge in [0.1, 0.15) is 0 Å². The van der Waals surface area contributed by atoms with Gasteiger partial charge in [0.2, 0.25) is 0 Å². The molecule has 0 saturated carbocycles. The van der Waals surface area contributed by atoms with Gasteiger partial charge in [-0.2, -0.15) is 0 Å². The topological polar surface area (TPSA) is 21.3 Å². The standard InChI is InChI=1S/C12H25NO/c1-9(2)10(3)8-13-12-5-6-14-11(4)7-12/h9-13H,5-8H2,1-4H3. The zero-order chi connectivity index (χ0) is 10.6. The van der Waals surface area contributed by atoms with Gasteiger partial charge in [-0.25, -0.2) is 0 Å². The van der Waals surface area contributed by atoms with Crippen LogP contribution in [0.4, 0.5) is 0 Å². The van der Waals surface area contributed by atoms with Gasteiger partial charge >= 0.3 is 0 Å². The van der Waals surface area contributed by atoms with Gasteiger partial charge in [0.05, 0.1) is 6.10 Å². The predicted molar refractivity (Wildman–Crippen MR) is 60.4 cm³/mol. The van der Waals surface area contributed by atoms with E-state index in [9.17, 15) is 0 Å². The Labute approximate surface area is 88.4 Å². The first kappa shape index (κ1) is 12.0. The number of ether oxygens (including phenoxy) is 1. The first-order valence-corrected chi connectivity index (χ1v) is 5.94. The first-order chi connectivity index (χ1) is 6.59. The van der Waals surface area contributed by atoms with Crippen LogP contribution in [0.15, 0.2) is 0 Å². The third kappa shape index (κ3) is 3.97. The van der Waals surface area contributed by atoms with Crippen LogP contribution in [0.25, 0.3) is 0 Å². The molecule has 0 aromatic heterocycles. The molecule has 0 aromatic carbocycles. The van der Waals surface area contributed by atoms with Gasteiger partial charge < -0.3 is 10.1 Å². The van der Waals surface area contributed by atoms with Crippen LogP contribution in [-0.2, 0) is 4.74 Å². The summed E-state index contributed by atoms with van der Waals surface area (Å²) in [5.41, 5.74) is 0. The molecule has 3 unspecified atom stereocenters. The lowest BCUT2D eigenvalue weighted by molar-refractivity contribution is 0.0125. The van der Waals surface area contributed by atoms with Crippen molar-refractivity contribution < 1.29 is 4.74 Å². The van der Waals surface area contributed by atoms with Crippen LogP contribution < -0.4 is 5.32 Å². The SMILES string of the molecule is CC1CC(NCC(C)C(C)C)CCO1. The fraction of sp³-hybridized carbons (Fsp3) is 1.00. The molecule has 1 aliphatic rings.